The van der Waals surface area contributed by atoms with Crippen molar-refractivity contribution in [3.63, 3.8) is 0 Å². The summed E-state index contributed by atoms with van der Waals surface area (Å²) in [4.78, 5) is 12.7. The third-order valence-corrected chi connectivity index (χ3v) is 6.39. The highest BCUT2D eigenvalue weighted by atomic mass is 79.9. The van der Waals surface area contributed by atoms with E-state index < -0.39 is 5.91 Å². The van der Waals surface area contributed by atoms with Crippen LogP contribution in [0.15, 0.2) is 58.6 Å². The standard InChI is InChI=1S/C26H20BrClN2O5/c1-15-20(28)4-3-5-21(15)30-26(31)18(12-29)9-17-10-23(32-2)25(11-19(17)27)33-13-16-6-7-22-24(8-16)35-14-34-22/h3-11H,13-14H2,1-2H3,(H,30,31)/b18-9+. The fourth-order valence-corrected chi connectivity index (χ4v) is 3.97. The lowest BCUT2D eigenvalue weighted by Crippen LogP contribution is -2.14. The first kappa shape index (κ1) is 24.5. The quantitative estimate of drug-likeness (QED) is 0.273. The van der Waals surface area contributed by atoms with Gasteiger partial charge in [-0.3, -0.25) is 4.79 Å². The molecule has 1 aliphatic heterocycles. The van der Waals surface area contributed by atoms with E-state index in [2.05, 4.69) is 21.2 Å². The van der Waals surface area contributed by atoms with Crippen molar-refractivity contribution in [1.29, 1.82) is 5.26 Å². The molecule has 0 fully saturated rings. The molecule has 9 heteroatoms. The van der Waals surface area contributed by atoms with Gasteiger partial charge in [0.1, 0.15) is 18.2 Å². The fourth-order valence-electron chi connectivity index (χ4n) is 3.36. The number of hydrogen-bond donors (Lipinski definition) is 1. The zero-order valence-electron chi connectivity index (χ0n) is 18.9. The third-order valence-electron chi connectivity index (χ3n) is 5.30. The molecule has 0 aromatic heterocycles. The summed E-state index contributed by atoms with van der Waals surface area (Å²) >= 11 is 9.62. The highest BCUT2D eigenvalue weighted by Gasteiger charge is 2.16. The van der Waals surface area contributed by atoms with Gasteiger partial charge >= 0.3 is 0 Å². The average molecular weight is 556 g/mol. The lowest BCUT2D eigenvalue weighted by Gasteiger charge is -2.13. The summed E-state index contributed by atoms with van der Waals surface area (Å²) in [7, 11) is 1.52. The van der Waals surface area contributed by atoms with Crippen LogP contribution in [0.3, 0.4) is 0 Å². The fraction of sp³-hybridized carbons (Fsp3) is 0.154. The molecule has 7 nitrogen and oxygen atoms in total. The number of nitrogens with zero attached hydrogens (tertiary/aromatic N) is 1. The number of carbonyl (C=O) groups excluding carboxylic acids is 1. The Kier molecular flexibility index (Phi) is 7.49. The molecule has 0 saturated heterocycles. The van der Waals surface area contributed by atoms with Crippen molar-refractivity contribution in [3.05, 3.63) is 80.3 Å². The molecule has 0 aliphatic carbocycles. The highest BCUT2D eigenvalue weighted by molar-refractivity contribution is 9.10. The Morgan fingerprint density at radius 3 is 2.77 bits per heavy atom. The number of nitriles is 1. The van der Waals surface area contributed by atoms with Crippen molar-refractivity contribution >= 4 is 45.2 Å². The average Bonchev–Trinajstić information content (AvgIpc) is 3.32. The summed E-state index contributed by atoms with van der Waals surface area (Å²) in [5.74, 6) is 1.77. The number of rotatable bonds is 7. The number of anilines is 1. The summed E-state index contributed by atoms with van der Waals surface area (Å²) in [6.07, 6.45) is 1.48. The summed E-state index contributed by atoms with van der Waals surface area (Å²) in [6.45, 7) is 2.27. The van der Waals surface area contributed by atoms with Crippen molar-refractivity contribution in [2.24, 2.45) is 0 Å². The maximum Gasteiger partial charge on any atom is 0.266 e. The maximum absolute atomic E-state index is 12.7. The van der Waals surface area contributed by atoms with Gasteiger partial charge in [0.2, 0.25) is 6.79 Å². The van der Waals surface area contributed by atoms with Crippen LogP contribution in [0.5, 0.6) is 23.0 Å². The van der Waals surface area contributed by atoms with Gasteiger partial charge in [-0.15, -0.1) is 0 Å². The van der Waals surface area contributed by atoms with E-state index in [0.717, 1.165) is 5.56 Å². The first-order valence-electron chi connectivity index (χ1n) is 10.5. The number of fused-ring (bicyclic) bond motifs is 1. The van der Waals surface area contributed by atoms with Gasteiger partial charge in [-0.05, 0) is 66.1 Å². The van der Waals surface area contributed by atoms with Gasteiger partial charge in [0.05, 0.1) is 7.11 Å². The molecule has 0 unspecified atom stereocenters. The topological polar surface area (TPSA) is 89.8 Å². The number of ether oxygens (including phenoxy) is 4. The van der Waals surface area contributed by atoms with Crippen LogP contribution in [0.25, 0.3) is 6.08 Å². The molecule has 0 spiro atoms. The van der Waals surface area contributed by atoms with Gasteiger partial charge in [-0.1, -0.05) is 39.7 Å². The van der Waals surface area contributed by atoms with Gasteiger partial charge < -0.3 is 24.3 Å². The highest BCUT2D eigenvalue weighted by Crippen LogP contribution is 2.36. The van der Waals surface area contributed by atoms with E-state index in [1.807, 2.05) is 24.3 Å². The summed E-state index contributed by atoms with van der Waals surface area (Å²) in [5.41, 5.74) is 2.64. The number of benzene rings is 3. The van der Waals surface area contributed by atoms with Gasteiger partial charge in [0.25, 0.3) is 5.91 Å². The second-order valence-electron chi connectivity index (χ2n) is 7.54. The van der Waals surface area contributed by atoms with Crippen molar-refractivity contribution < 1.29 is 23.7 Å². The van der Waals surface area contributed by atoms with E-state index in [0.29, 0.717) is 49.3 Å². The van der Waals surface area contributed by atoms with Crippen LogP contribution in [0.1, 0.15) is 16.7 Å². The molecular formula is C26H20BrClN2O5. The number of hydrogen-bond acceptors (Lipinski definition) is 6. The summed E-state index contributed by atoms with van der Waals surface area (Å²) in [6, 6.07) is 16.1. The zero-order chi connectivity index (χ0) is 24.9. The molecule has 0 atom stereocenters. The summed E-state index contributed by atoms with van der Waals surface area (Å²) in [5, 5.41) is 12.9. The third kappa shape index (κ3) is 5.53. The molecule has 3 aromatic rings. The minimum atomic E-state index is -0.549. The number of amides is 1. The monoisotopic (exact) mass is 554 g/mol. The van der Waals surface area contributed by atoms with Crippen LogP contribution in [-0.4, -0.2) is 19.8 Å². The second kappa shape index (κ2) is 10.7. The predicted molar refractivity (Wildman–Crippen MR) is 136 cm³/mol. The van der Waals surface area contributed by atoms with E-state index in [4.69, 9.17) is 30.5 Å². The molecule has 35 heavy (non-hydrogen) atoms. The molecule has 3 aromatic carbocycles. The summed E-state index contributed by atoms with van der Waals surface area (Å²) < 4.78 is 22.8. The van der Waals surface area contributed by atoms with E-state index in [-0.39, 0.29) is 19.0 Å². The smallest absolute Gasteiger partial charge is 0.266 e. The molecule has 0 saturated carbocycles. The Morgan fingerprint density at radius 1 is 1.20 bits per heavy atom. The Labute approximate surface area is 215 Å². The predicted octanol–water partition coefficient (Wildman–Crippen LogP) is 6.27. The van der Waals surface area contributed by atoms with E-state index in [1.54, 1.807) is 37.3 Å². The number of carbonyl (C=O) groups is 1. The largest absolute Gasteiger partial charge is 0.493 e. The zero-order valence-corrected chi connectivity index (χ0v) is 21.2. The molecule has 1 N–H and O–H groups in total. The van der Waals surface area contributed by atoms with Gasteiger partial charge in [-0.25, -0.2) is 0 Å². The van der Waals surface area contributed by atoms with Crippen LogP contribution in [0.2, 0.25) is 5.02 Å². The second-order valence-corrected chi connectivity index (χ2v) is 8.80. The van der Waals surface area contributed by atoms with E-state index >= 15 is 0 Å². The van der Waals surface area contributed by atoms with Crippen LogP contribution in [0, 0.1) is 18.3 Å². The Hall–Kier alpha value is -3.67. The molecule has 4 rings (SSSR count). The van der Waals surface area contributed by atoms with Crippen molar-refractivity contribution in [2.75, 3.05) is 19.2 Å². The molecule has 0 bridgehead atoms. The lowest BCUT2D eigenvalue weighted by atomic mass is 10.1. The molecule has 1 amide bonds. The Morgan fingerprint density at radius 2 is 2.00 bits per heavy atom. The maximum atomic E-state index is 12.7. The van der Waals surface area contributed by atoms with Crippen LogP contribution >= 0.6 is 27.5 Å². The van der Waals surface area contributed by atoms with Gasteiger partial charge in [0.15, 0.2) is 23.0 Å². The normalized spacial score (nSPS) is 12.1. The number of methoxy groups -OCH3 is 1. The van der Waals surface area contributed by atoms with Crippen LogP contribution in [-0.2, 0) is 11.4 Å². The first-order valence-corrected chi connectivity index (χ1v) is 11.6. The molecule has 1 aliphatic rings. The Bertz CT molecular complexity index is 1370. The van der Waals surface area contributed by atoms with Gasteiger partial charge in [-0.2, -0.15) is 5.26 Å². The molecular weight excluding hydrogens is 536 g/mol. The first-order chi connectivity index (χ1) is 16.9. The van der Waals surface area contributed by atoms with Crippen molar-refractivity contribution in [1.82, 2.24) is 0 Å². The van der Waals surface area contributed by atoms with Gasteiger partial charge in [0, 0.05) is 15.2 Å². The van der Waals surface area contributed by atoms with Crippen molar-refractivity contribution in [2.45, 2.75) is 13.5 Å². The molecule has 178 valence electrons. The molecule has 0 radical (unpaired) electrons. The van der Waals surface area contributed by atoms with E-state index in [9.17, 15) is 10.1 Å². The SMILES string of the molecule is COc1cc(/C=C(\C#N)C(=O)Nc2cccc(Cl)c2C)c(Br)cc1OCc1ccc2c(c1)OCO2. The lowest BCUT2D eigenvalue weighted by molar-refractivity contribution is -0.112. The molecule has 1 heterocycles. The van der Waals surface area contributed by atoms with E-state index in [1.165, 1.54) is 13.2 Å². The number of nitrogens with one attached hydrogen (secondary N) is 1. The van der Waals surface area contributed by atoms with Crippen LogP contribution < -0.4 is 24.3 Å². The minimum Gasteiger partial charge on any atom is -0.493 e. The van der Waals surface area contributed by atoms with Crippen molar-refractivity contribution in [3.8, 4) is 29.1 Å². The van der Waals surface area contributed by atoms with Crippen LogP contribution in [0.4, 0.5) is 5.69 Å². The minimum absolute atomic E-state index is 0.0823. The number of halogens is 2. The Balaban J connectivity index is 1.53.